The lowest BCUT2D eigenvalue weighted by Crippen LogP contribution is -1.85. The van der Waals surface area contributed by atoms with E-state index in [-0.39, 0.29) is 5.82 Å². The molecule has 0 unspecified atom stereocenters. The monoisotopic (exact) mass is 249 g/mol. The number of hydrogen-bond donors (Lipinski definition) is 0. The Labute approximate surface area is 111 Å². The quantitative estimate of drug-likeness (QED) is 0.649. The van der Waals surface area contributed by atoms with E-state index in [0.717, 1.165) is 22.4 Å². The van der Waals surface area contributed by atoms with E-state index in [1.54, 1.807) is 18.3 Å². The van der Waals surface area contributed by atoms with Gasteiger partial charge in [0, 0.05) is 11.8 Å². The lowest BCUT2D eigenvalue weighted by atomic mass is 10.0. The molecule has 0 atom stereocenters. The van der Waals surface area contributed by atoms with Crippen LogP contribution in [-0.2, 0) is 0 Å². The minimum absolute atomic E-state index is 0.233. The Bertz CT molecular complexity index is 675. The van der Waals surface area contributed by atoms with Gasteiger partial charge in [-0.1, -0.05) is 30.3 Å². The number of rotatable bonds is 2. The molecule has 0 N–H and O–H groups in total. The zero-order chi connectivity index (χ0) is 13.1. The molecule has 0 aliphatic heterocycles. The summed E-state index contributed by atoms with van der Waals surface area (Å²) in [7, 11) is 0. The predicted octanol–water partition coefficient (Wildman–Crippen LogP) is 4.55. The molecule has 3 rings (SSSR count). The van der Waals surface area contributed by atoms with Crippen LogP contribution in [0.25, 0.3) is 22.4 Å². The van der Waals surface area contributed by atoms with Crippen molar-refractivity contribution in [2.45, 2.75) is 0 Å². The van der Waals surface area contributed by atoms with Crippen molar-refractivity contribution >= 4 is 0 Å². The molecule has 0 amide bonds. The third kappa shape index (κ3) is 2.52. The molecule has 3 aromatic rings. The van der Waals surface area contributed by atoms with E-state index in [2.05, 4.69) is 17.1 Å². The first-order chi connectivity index (χ1) is 9.33. The molecule has 0 saturated heterocycles. The third-order valence-corrected chi connectivity index (χ3v) is 3.01. The highest BCUT2D eigenvalue weighted by Gasteiger charge is 2.02. The van der Waals surface area contributed by atoms with Crippen molar-refractivity contribution in [2.75, 3.05) is 0 Å². The molecule has 19 heavy (non-hydrogen) atoms. The van der Waals surface area contributed by atoms with Crippen molar-refractivity contribution in [3.8, 4) is 22.4 Å². The van der Waals surface area contributed by atoms with Crippen molar-refractivity contribution in [2.24, 2.45) is 0 Å². The van der Waals surface area contributed by atoms with E-state index in [4.69, 9.17) is 0 Å². The molecule has 1 nitrogen and oxygen atoms in total. The van der Waals surface area contributed by atoms with Gasteiger partial charge in [0.25, 0.3) is 0 Å². The zero-order valence-electron chi connectivity index (χ0n) is 10.3. The first-order valence-corrected chi connectivity index (χ1v) is 6.10. The van der Waals surface area contributed by atoms with E-state index in [1.165, 1.54) is 12.1 Å². The number of hydrogen-bond acceptors (Lipinski definition) is 1. The Balaban J connectivity index is 2.03. The minimum atomic E-state index is -0.233. The summed E-state index contributed by atoms with van der Waals surface area (Å²) < 4.78 is 12.9. The van der Waals surface area contributed by atoms with Crippen molar-refractivity contribution in [3.05, 3.63) is 78.7 Å². The van der Waals surface area contributed by atoms with Crippen molar-refractivity contribution in [1.29, 1.82) is 0 Å². The van der Waals surface area contributed by atoms with Crippen LogP contribution in [0.2, 0.25) is 0 Å². The fourth-order valence-electron chi connectivity index (χ4n) is 2.02. The van der Waals surface area contributed by atoms with Gasteiger partial charge in [0.05, 0.1) is 5.69 Å². The van der Waals surface area contributed by atoms with Gasteiger partial charge in [0.2, 0.25) is 0 Å². The van der Waals surface area contributed by atoms with Gasteiger partial charge in [-0.2, -0.15) is 0 Å². The maximum atomic E-state index is 12.9. The number of benzene rings is 2. The fourth-order valence-corrected chi connectivity index (χ4v) is 2.02. The first-order valence-electron chi connectivity index (χ1n) is 6.10. The molecule has 1 aromatic heterocycles. The van der Waals surface area contributed by atoms with Gasteiger partial charge in [-0.05, 0) is 47.5 Å². The first kappa shape index (κ1) is 11.6. The molecule has 1 heterocycles. The maximum absolute atomic E-state index is 12.9. The molecule has 0 fully saturated rings. The van der Waals surface area contributed by atoms with Gasteiger partial charge in [-0.25, -0.2) is 4.39 Å². The van der Waals surface area contributed by atoms with Crippen molar-refractivity contribution < 1.29 is 4.39 Å². The van der Waals surface area contributed by atoms with Crippen LogP contribution in [0.5, 0.6) is 0 Å². The van der Waals surface area contributed by atoms with Crippen LogP contribution in [-0.4, -0.2) is 4.98 Å². The normalized spacial score (nSPS) is 10.4. The average molecular weight is 249 g/mol. The highest BCUT2D eigenvalue weighted by Crippen LogP contribution is 2.24. The van der Waals surface area contributed by atoms with Crippen LogP contribution >= 0.6 is 0 Å². The third-order valence-electron chi connectivity index (χ3n) is 3.01. The molecule has 0 radical (unpaired) electrons. The summed E-state index contributed by atoms with van der Waals surface area (Å²) in [5, 5.41) is 0. The Morgan fingerprint density at radius 1 is 0.684 bits per heavy atom. The number of nitrogens with zero attached hydrogens (tertiary/aromatic N) is 1. The second kappa shape index (κ2) is 5.02. The minimum Gasteiger partial charge on any atom is -0.256 e. The van der Waals surface area contributed by atoms with E-state index in [9.17, 15) is 4.39 Å². The molecule has 92 valence electrons. The number of aromatic nitrogens is 1. The van der Waals surface area contributed by atoms with E-state index in [0.29, 0.717) is 0 Å². The van der Waals surface area contributed by atoms with Crippen molar-refractivity contribution in [1.82, 2.24) is 4.98 Å². The second-order valence-corrected chi connectivity index (χ2v) is 4.30. The van der Waals surface area contributed by atoms with E-state index in [1.807, 2.05) is 30.3 Å². The van der Waals surface area contributed by atoms with Gasteiger partial charge >= 0.3 is 0 Å². The van der Waals surface area contributed by atoms with Crippen LogP contribution in [0.1, 0.15) is 0 Å². The Hall–Kier alpha value is -2.48. The molecule has 0 spiro atoms. The summed E-state index contributed by atoms with van der Waals surface area (Å²) in [6, 6.07) is 20.5. The van der Waals surface area contributed by atoms with Crippen molar-refractivity contribution in [3.63, 3.8) is 0 Å². The van der Waals surface area contributed by atoms with E-state index >= 15 is 0 Å². The Morgan fingerprint density at radius 3 is 2.16 bits per heavy atom. The Morgan fingerprint density at radius 2 is 1.42 bits per heavy atom. The number of halogens is 1. The zero-order valence-corrected chi connectivity index (χ0v) is 10.3. The summed E-state index contributed by atoms with van der Waals surface area (Å²) in [6.07, 6.45) is 1.78. The van der Waals surface area contributed by atoms with E-state index < -0.39 is 0 Å². The topological polar surface area (TPSA) is 12.9 Å². The van der Waals surface area contributed by atoms with Crippen LogP contribution in [0.4, 0.5) is 4.39 Å². The molecular formula is C17H12FN. The van der Waals surface area contributed by atoms with Crippen LogP contribution in [0, 0.1) is 5.82 Å². The highest BCUT2D eigenvalue weighted by molar-refractivity contribution is 5.70. The molecule has 0 bridgehead atoms. The van der Waals surface area contributed by atoms with Crippen LogP contribution < -0.4 is 0 Å². The van der Waals surface area contributed by atoms with Gasteiger partial charge in [-0.15, -0.1) is 0 Å². The standard InChI is InChI=1S/C17H12FN/c18-16-8-6-14(7-9-16)17-12-15(10-11-19-17)13-4-2-1-3-5-13/h1-12H. The molecular weight excluding hydrogens is 237 g/mol. The molecule has 0 aliphatic rings. The summed E-state index contributed by atoms with van der Waals surface area (Å²) in [5.74, 6) is -0.233. The molecule has 0 saturated carbocycles. The van der Waals surface area contributed by atoms with Gasteiger partial charge in [0.15, 0.2) is 0 Å². The fraction of sp³-hybridized carbons (Fsp3) is 0. The molecule has 2 heteroatoms. The molecule has 2 aromatic carbocycles. The van der Waals surface area contributed by atoms with Crippen LogP contribution in [0.3, 0.4) is 0 Å². The Kier molecular flexibility index (Phi) is 3.07. The van der Waals surface area contributed by atoms with Gasteiger partial charge in [-0.3, -0.25) is 4.98 Å². The highest BCUT2D eigenvalue weighted by atomic mass is 19.1. The smallest absolute Gasteiger partial charge is 0.123 e. The van der Waals surface area contributed by atoms with Gasteiger partial charge in [0.1, 0.15) is 5.82 Å². The van der Waals surface area contributed by atoms with Crippen LogP contribution in [0.15, 0.2) is 72.9 Å². The summed E-state index contributed by atoms with van der Waals surface area (Å²) in [5.41, 5.74) is 4.02. The van der Waals surface area contributed by atoms with Gasteiger partial charge < -0.3 is 0 Å². The average Bonchev–Trinajstić information content (AvgIpc) is 2.49. The summed E-state index contributed by atoms with van der Waals surface area (Å²) in [4.78, 5) is 4.34. The SMILES string of the molecule is Fc1ccc(-c2cc(-c3ccccc3)ccn2)cc1. The lowest BCUT2D eigenvalue weighted by molar-refractivity contribution is 0.628. The maximum Gasteiger partial charge on any atom is 0.123 e. The second-order valence-electron chi connectivity index (χ2n) is 4.30. The predicted molar refractivity (Wildman–Crippen MR) is 75.1 cm³/mol. The lowest BCUT2D eigenvalue weighted by Gasteiger charge is -2.05. The largest absolute Gasteiger partial charge is 0.256 e. The summed E-state index contributed by atoms with van der Waals surface area (Å²) in [6.45, 7) is 0. The molecule has 0 aliphatic carbocycles. The summed E-state index contributed by atoms with van der Waals surface area (Å²) >= 11 is 0. The number of pyridine rings is 1.